The van der Waals surface area contributed by atoms with Crippen LogP contribution in [0, 0.1) is 13.8 Å². The first kappa shape index (κ1) is 19.0. The highest BCUT2D eigenvalue weighted by atomic mass is 32.1. The van der Waals surface area contributed by atoms with Crippen molar-refractivity contribution in [1.82, 2.24) is 20.0 Å². The summed E-state index contributed by atoms with van der Waals surface area (Å²) in [6.45, 7) is 3.80. The third kappa shape index (κ3) is 3.15. The maximum atomic E-state index is 12.1. The SMILES string of the molecule is Cc1ccccc1-n1cc(-c2nnc(N)s2)c(-c2c(O)ccc3c(C)cc(=O)oc23)n1. The Bertz CT molecular complexity index is 1520. The van der Waals surface area contributed by atoms with E-state index in [0.717, 1.165) is 16.8 Å². The van der Waals surface area contributed by atoms with Crippen LogP contribution < -0.4 is 11.4 Å². The number of rotatable bonds is 3. The minimum atomic E-state index is -0.503. The van der Waals surface area contributed by atoms with Crippen LogP contribution in [0.25, 0.3) is 38.5 Å². The van der Waals surface area contributed by atoms with Gasteiger partial charge in [-0.1, -0.05) is 29.5 Å². The van der Waals surface area contributed by atoms with Gasteiger partial charge in [0.15, 0.2) is 10.6 Å². The Balaban J connectivity index is 1.87. The van der Waals surface area contributed by atoms with Gasteiger partial charge in [-0.3, -0.25) is 0 Å². The molecule has 0 atom stereocenters. The summed E-state index contributed by atoms with van der Waals surface area (Å²) in [5, 5.41) is 25.2. The molecule has 0 saturated carbocycles. The Morgan fingerprint density at radius 1 is 1.10 bits per heavy atom. The van der Waals surface area contributed by atoms with Crippen LogP contribution in [0.3, 0.4) is 0 Å². The number of phenols is 1. The summed E-state index contributed by atoms with van der Waals surface area (Å²) in [5.74, 6) is -0.0602. The zero-order valence-corrected chi connectivity index (χ0v) is 17.5. The van der Waals surface area contributed by atoms with Crippen molar-refractivity contribution in [2.45, 2.75) is 13.8 Å². The second-order valence-electron chi connectivity index (χ2n) is 7.15. The summed E-state index contributed by atoms with van der Waals surface area (Å²) in [7, 11) is 0. The average molecular weight is 431 g/mol. The minimum absolute atomic E-state index is 0.0602. The first-order valence-electron chi connectivity index (χ1n) is 9.44. The van der Waals surface area contributed by atoms with Crippen LogP contribution in [-0.4, -0.2) is 25.1 Å². The average Bonchev–Trinajstić information content (AvgIpc) is 3.34. The number of aromatic nitrogens is 4. The molecule has 0 aliphatic rings. The van der Waals surface area contributed by atoms with Crippen LogP contribution in [0.15, 0.2) is 57.9 Å². The minimum Gasteiger partial charge on any atom is -0.507 e. The van der Waals surface area contributed by atoms with Crippen LogP contribution in [0.4, 0.5) is 5.13 Å². The fourth-order valence-corrected chi connectivity index (χ4v) is 4.23. The number of nitrogens with two attached hydrogens (primary N) is 1. The molecule has 5 rings (SSSR count). The lowest BCUT2D eigenvalue weighted by molar-refractivity contribution is 0.475. The number of aromatic hydroxyl groups is 1. The van der Waals surface area contributed by atoms with Crippen molar-refractivity contribution in [3.05, 3.63) is 70.2 Å². The monoisotopic (exact) mass is 431 g/mol. The Morgan fingerprint density at radius 3 is 2.65 bits per heavy atom. The Kier molecular flexibility index (Phi) is 4.33. The van der Waals surface area contributed by atoms with Crippen molar-refractivity contribution in [2.75, 3.05) is 5.73 Å². The van der Waals surface area contributed by atoms with E-state index in [0.29, 0.717) is 32.3 Å². The molecule has 8 nitrogen and oxygen atoms in total. The molecule has 2 aromatic carbocycles. The van der Waals surface area contributed by atoms with E-state index in [-0.39, 0.29) is 11.3 Å². The molecule has 3 aromatic heterocycles. The van der Waals surface area contributed by atoms with E-state index in [1.165, 1.54) is 17.4 Å². The zero-order valence-electron chi connectivity index (χ0n) is 16.7. The van der Waals surface area contributed by atoms with E-state index in [1.807, 2.05) is 44.3 Å². The number of benzene rings is 2. The lowest BCUT2D eigenvalue weighted by Crippen LogP contribution is -2.00. The number of hydrogen-bond acceptors (Lipinski definition) is 8. The van der Waals surface area contributed by atoms with E-state index in [1.54, 1.807) is 16.8 Å². The molecule has 0 aliphatic carbocycles. The van der Waals surface area contributed by atoms with Crippen LogP contribution in [-0.2, 0) is 0 Å². The quantitative estimate of drug-likeness (QED) is 0.413. The Labute approximate surface area is 180 Å². The van der Waals surface area contributed by atoms with Crippen LogP contribution >= 0.6 is 11.3 Å². The molecule has 0 radical (unpaired) electrons. The van der Waals surface area contributed by atoms with E-state index in [4.69, 9.17) is 15.2 Å². The normalized spacial score (nSPS) is 11.3. The summed E-state index contributed by atoms with van der Waals surface area (Å²) in [6.07, 6.45) is 1.81. The van der Waals surface area contributed by atoms with Gasteiger partial charge in [0, 0.05) is 17.6 Å². The molecule has 3 N–H and O–H groups in total. The predicted molar refractivity (Wildman–Crippen MR) is 119 cm³/mol. The molecule has 5 aromatic rings. The van der Waals surface area contributed by atoms with Crippen LogP contribution in [0.5, 0.6) is 5.75 Å². The van der Waals surface area contributed by atoms with Gasteiger partial charge in [0.05, 0.1) is 16.8 Å². The van der Waals surface area contributed by atoms with Gasteiger partial charge >= 0.3 is 5.63 Å². The first-order chi connectivity index (χ1) is 14.9. The van der Waals surface area contributed by atoms with Crippen LogP contribution in [0.2, 0.25) is 0 Å². The van der Waals surface area contributed by atoms with E-state index in [9.17, 15) is 9.90 Å². The second-order valence-corrected chi connectivity index (χ2v) is 8.16. The maximum absolute atomic E-state index is 12.1. The molecule has 0 fully saturated rings. The summed E-state index contributed by atoms with van der Waals surface area (Å²) in [4.78, 5) is 12.1. The third-order valence-electron chi connectivity index (χ3n) is 5.08. The number of nitrogen functional groups attached to an aromatic ring is 1. The van der Waals surface area contributed by atoms with Crippen molar-refractivity contribution >= 4 is 27.4 Å². The topological polar surface area (TPSA) is 120 Å². The number of para-hydroxylation sites is 1. The number of aryl methyl sites for hydroxylation is 2. The number of hydrogen-bond donors (Lipinski definition) is 2. The van der Waals surface area contributed by atoms with Crippen molar-refractivity contribution in [3.63, 3.8) is 0 Å². The number of phenolic OH excluding ortho intramolecular Hbond substituents is 1. The molecule has 31 heavy (non-hydrogen) atoms. The first-order valence-corrected chi connectivity index (χ1v) is 10.3. The largest absolute Gasteiger partial charge is 0.507 e. The van der Waals surface area contributed by atoms with E-state index in [2.05, 4.69) is 10.2 Å². The van der Waals surface area contributed by atoms with Gasteiger partial charge in [0.25, 0.3) is 0 Å². The fraction of sp³-hybridized carbons (Fsp3) is 0.0909. The lowest BCUT2D eigenvalue weighted by Gasteiger charge is -2.09. The Morgan fingerprint density at radius 2 is 1.90 bits per heavy atom. The number of nitrogens with zero attached hydrogens (tertiary/aromatic N) is 4. The molecular formula is C22H17N5O3S. The molecule has 0 saturated heterocycles. The van der Waals surface area contributed by atoms with Crippen LogP contribution in [0.1, 0.15) is 11.1 Å². The van der Waals surface area contributed by atoms with Gasteiger partial charge in [-0.25, -0.2) is 9.48 Å². The standard InChI is InChI=1S/C22H17N5O3S/c1-11-5-3-4-6-15(11)27-10-14(21-24-25-22(23)31-21)19(26-27)18-16(28)8-7-13-12(2)9-17(29)30-20(13)18/h3-10,28H,1-2H3,(H2,23,25). The zero-order chi connectivity index (χ0) is 21.7. The van der Waals surface area contributed by atoms with E-state index < -0.39 is 5.63 Å². The second kappa shape index (κ2) is 7.06. The lowest BCUT2D eigenvalue weighted by atomic mass is 10.0. The highest BCUT2D eigenvalue weighted by molar-refractivity contribution is 7.18. The van der Waals surface area contributed by atoms with E-state index >= 15 is 0 Å². The highest BCUT2D eigenvalue weighted by Crippen LogP contribution is 2.42. The maximum Gasteiger partial charge on any atom is 0.336 e. The molecule has 0 spiro atoms. The van der Waals surface area contributed by atoms with Gasteiger partial charge < -0.3 is 15.3 Å². The summed E-state index contributed by atoms with van der Waals surface area (Å²) >= 11 is 1.21. The molecular weight excluding hydrogens is 414 g/mol. The van der Waals surface area contributed by atoms with Gasteiger partial charge in [0.2, 0.25) is 5.13 Å². The van der Waals surface area contributed by atoms with Gasteiger partial charge in [0.1, 0.15) is 11.4 Å². The molecule has 154 valence electrons. The van der Waals surface area contributed by atoms with Gasteiger partial charge in [-0.2, -0.15) is 5.10 Å². The molecule has 0 bridgehead atoms. The number of anilines is 1. The van der Waals surface area contributed by atoms with Crippen molar-refractivity contribution in [3.8, 4) is 33.3 Å². The molecule has 0 aliphatic heterocycles. The van der Waals surface area contributed by atoms with Crippen molar-refractivity contribution in [1.29, 1.82) is 0 Å². The molecule has 0 amide bonds. The van der Waals surface area contributed by atoms with Gasteiger partial charge in [-0.05, 0) is 43.2 Å². The highest BCUT2D eigenvalue weighted by Gasteiger charge is 2.24. The predicted octanol–water partition coefficient (Wildman–Crippen LogP) is 4.07. The molecule has 9 heteroatoms. The summed E-state index contributed by atoms with van der Waals surface area (Å²) in [6, 6.07) is 12.5. The molecule has 0 unspecified atom stereocenters. The van der Waals surface area contributed by atoms with Crippen molar-refractivity contribution in [2.24, 2.45) is 0 Å². The summed E-state index contributed by atoms with van der Waals surface area (Å²) < 4.78 is 7.23. The van der Waals surface area contributed by atoms with Crippen molar-refractivity contribution < 1.29 is 9.52 Å². The summed E-state index contributed by atoms with van der Waals surface area (Å²) in [5.41, 5.74) is 9.54. The third-order valence-corrected chi connectivity index (χ3v) is 5.87. The molecule has 3 heterocycles. The number of fused-ring (bicyclic) bond motifs is 1. The van der Waals surface area contributed by atoms with Gasteiger partial charge in [-0.15, -0.1) is 10.2 Å². The fourth-order valence-electron chi connectivity index (χ4n) is 3.60. The Hall–Kier alpha value is -3.98. The smallest absolute Gasteiger partial charge is 0.336 e.